The predicted molar refractivity (Wildman–Crippen MR) is 74.3 cm³/mol. The van der Waals surface area contributed by atoms with Crippen LogP contribution in [0.4, 0.5) is 8.78 Å². The summed E-state index contributed by atoms with van der Waals surface area (Å²) in [4.78, 5) is 0. The normalized spacial score (nSPS) is 28.3. The number of hydrogen-bond donors (Lipinski definition) is 1. The smallest absolute Gasteiger partial charge is 0.285 e. The molecule has 0 saturated heterocycles. The van der Waals surface area contributed by atoms with Crippen LogP contribution in [0.1, 0.15) is 38.7 Å². The molecule has 0 aliphatic heterocycles. The minimum Gasteiger partial charge on any atom is -0.308 e. The van der Waals surface area contributed by atoms with Crippen LogP contribution >= 0.6 is 0 Å². The third-order valence-electron chi connectivity index (χ3n) is 4.41. The number of nitrogens with one attached hydrogen (secondary N) is 1. The lowest BCUT2D eigenvalue weighted by Gasteiger charge is -2.33. The van der Waals surface area contributed by atoms with Gasteiger partial charge in [-0.05, 0) is 31.1 Å². The fourth-order valence-corrected chi connectivity index (χ4v) is 2.79. The first-order valence-electron chi connectivity index (χ1n) is 7.16. The standard InChI is InChI=1S/C16H23F2N/c1-12-8-9-15(10-13(12)2)19-11-16(17,18)14-6-4-3-5-7-14/h3-7,12-13,15,19H,8-11H2,1-2H3. The molecule has 3 unspecified atom stereocenters. The maximum atomic E-state index is 14.0. The highest BCUT2D eigenvalue weighted by atomic mass is 19.3. The fourth-order valence-electron chi connectivity index (χ4n) is 2.79. The summed E-state index contributed by atoms with van der Waals surface area (Å²) in [6, 6.07) is 8.31. The topological polar surface area (TPSA) is 12.0 Å². The highest BCUT2D eigenvalue weighted by molar-refractivity contribution is 5.20. The second kappa shape index (κ2) is 6.00. The average Bonchev–Trinajstić information content (AvgIpc) is 2.41. The van der Waals surface area contributed by atoms with Crippen molar-refractivity contribution in [3.8, 4) is 0 Å². The van der Waals surface area contributed by atoms with Gasteiger partial charge in [-0.2, -0.15) is 8.78 Å². The van der Waals surface area contributed by atoms with Gasteiger partial charge >= 0.3 is 0 Å². The highest BCUT2D eigenvalue weighted by Gasteiger charge is 2.33. The van der Waals surface area contributed by atoms with E-state index in [4.69, 9.17) is 0 Å². The molecule has 1 fully saturated rings. The maximum Gasteiger partial charge on any atom is 0.285 e. The summed E-state index contributed by atoms with van der Waals surface area (Å²) in [7, 11) is 0. The summed E-state index contributed by atoms with van der Waals surface area (Å²) in [6.07, 6.45) is 3.15. The Hall–Kier alpha value is -0.960. The van der Waals surface area contributed by atoms with Crippen molar-refractivity contribution >= 4 is 0 Å². The summed E-state index contributed by atoms with van der Waals surface area (Å²) in [5.41, 5.74) is 0.0970. The third kappa shape index (κ3) is 3.75. The monoisotopic (exact) mass is 267 g/mol. The van der Waals surface area contributed by atoms with E-state index in [2.05, 4.69) is 19.2 Å². The van der Waals surface area contributed by atoms with Crippen molar-refractivity contribution in [2.45, 2.75) is 45.1 Å². The van der Waals surface area contributed by atoms with Crippen molar-refractivity contribution in [2.75, 3.05) is 6.54 Å². The molecular formula is C16H23F2N. The van der Waals surface area contributed by atoms with E-state index in [0.717, 1.165) is 19.3 Å². The molecule has 1 aliphatic rings. The number of hydrogen-bond acceptors (Lipinski definition) is 1. The zero-order valence-corrected chi connectivity index (χ0v) is 11.7. The molecule has 0 spiro atoms. The van der Waals surface area contributed by atoms with E-state index in [1.807, 2.05) is 0 Å². The Morgan fingerprint density at radius 2 is 1.79 bits per heavy atom. The van der Waals surface area contributed by atoms with Crippen molar-refractivity contribution < 1.29 is 8.78 Å². The summed E-state index contributed by atoms with van der Waals surface area (Å²) in [6.45, 7) is 4.20. The van der Waals surface area contributed by atoms with Crippen molar-refractivity contribution in [2.24, 2.45) is 11.8 Å². The number of alkyl halides is 2. The van der Waals surface area contributed by atoms with Crippen molar-refractivity contribution in [3.63, 3.8) is 0 Å². The van der Waals surface area contributed by atoms with Crippen LogP contribution in [-0.4, -0.2) is 12.6 Å². The van der Waals surface area contributed by atoms with Gasteiger partial charge in [-0.1, -0.05) is 44.2 Å². The molecule has 0 bridgehead atoms. The summed E-state index contributed by atoms with van der Waals surface area (Å²) in [5, 5.41) is 3.06. The quantitative estimate of drug-likeness (QED) is 0.862. The summed E-state index contributed by atoms with van der Waals surface area (Å²) in [5.74, 6) is -1.45. The van der Waals surface area contributed by atoms with E-state index < -0.39 is 5.92 Å². The molecular weight excluding hydrogens is 244 g/mol. The lowest BCUT2D eigenvalue weighted by Crippen LogP contribution is -2.41. The molecule has 1 nitrogen and oxygen atoms in total. The Morgan fingerprint density at radius 3 is 2.42 bits per heavy atom. The third-order valence-corrected chi connectivity index (χ3v) is 4.41. The van der Waals surface area contributed by atoms with Gasteiger partial charge in [-0.25, -0.2) is 0 Å². The van der Waals surface area contributed by atoms with Crippen molar-refractivity contribution in [1.82, 2.24) is 5.32 Å². The van der Waals surface area contributed by atoms with Crippen LogP contribution in [0.15, 0.2) is 30.3 Å². The minimum absolute atomic E-state index is 0.0970. The van der Waals surface area contributed by atoms with Gasteiger partial charge in [0.15, 0.2) is 0 Å². The maximum absolute atomic E-state index is 14.0. The van der Waals surface area contributed by atoms with Crippen LogP contribution in [0, 0.1) is 11.8 Å². The van der Waals surface area contributed by atoms with E-state index in [1.54, 1.807) is 18.2 Å². The fraction of sp³-hybridized carbons (Fsp3) is 0.625. The first kappa shape index (κ1) is 14.4. The highest BCUT2D eigenvalue weighted by Crippen LogP contribution is 2.31. The van der Waals surface area contributed by atoms with Gasteiger partial charge in [-0.3, -0.25) is 0 Å². The summed E-state index contributed by atoms with van der Waals surface area (Å²) >= 11 is 0. The van der Waals surface area contributed by atoms with Crippen LogP contribution in [0.2, 0.25) is 0 Å². The van der Waals surface area contributed by atoms with Gasteiger partial charge in [-0.15, -0.1) is 0 Å². The largest absolute Gasteiger partial charge is 0.308 e. The zero-order chi connectivity index (χ0) is 13.9. The molecule has 3 heteroatoms. The predicted octanol–water partition coefficient (Wildman–Crippen LogP) is 4.19. The van der Waals surface area contributed by atoms with Gasteiger partial charge in [0, 0.05) is 11.6 Å². The number of halogens is 2. The lowest BCUT2D eigenvalue weighted by atomic mass is 9.79. The molecule has 0 aromatic heterocycles. The zero-order valence-electron chi connectivity index (χ0n) is 11.7. The van der Waals surface area contributed by atoms with E-state index in [0.29, 0.717) is 11.8 Å². The van der Waals surface area contributed by atoms with E-state index in [-0.39, 0.29) is 18.2 Å². The van der Waals surface area contributed by atoms with E-state index in [9.17, 15) is 8.78 Å². The van der Waals surface area contributed by atoms with Crippen molar-refractivity contribution in [1.29, 1.82) is 0 Å². The second-order valence-corrected chi connectivity index (χ2v) is 5.92. The van der Waals surface area contributed by atoms with E-state index in [1.165, 1.54) is 12.1 Å². The first-order valence-corrected chi connectivity index (χ1v) is 7.16. The summed E-state index contributed by atoms with van der Waals surface area (Å²) < 4.78 is 28.0. The molecule has 0 radical (unpaired) electrons. The molecule has 1 saturated carbocycles. The lowest BCUT2D eigenvalue weighted by molar-refractivity contribution is -0.00809. The van der Waals surface area contributed by atoms with Crippen LogP contribution < -0.4 is 5.32 Å². The average molecular weight is 267 g/mol. The Morgan fingerprint density at radius 1 is 1.11 bits per heavy atom. The van der Waals surface area contributed by atoms with Crippen LogP contribution in [0.25, 0.3) is 0 Å². The second-order valence-electron chi connectivity index (χ2n) is 5.92. The SMILES string of the molecule is CC1CCC(NCC(F)(F)c2ccccc2)CC1C. The van der Waals surface area contributed by atoms with Gasteiger partial charge < -0.3 is 5.32 Å². The van der Waals surface area contributed by atoms with E-state index >= 15 is 0 Å². The van der Waals surface area contributed by atoms with Crippen LogP contribution in [0.3, 0.4) is 0 Å². The Labute approximate surface area is 114 Å². The molecule has 19 heavy (non-hydrogen) atoms. The number of benzene rings is 1. The van der Waals surface area contributed by atoms with Gasteiger partial charge in [0.1, 0.15) is 0 Å². The Kier molecular flexibility index (Phi) is 4.56. The molecule has 3 atom stereocenters. The molecule has 2 rings (SSSR count). The molecule has 1 aromatic rings. The molecule has 1 aromatic carbocycles. The van der Waals surface area contributed by atoms with Crippen molar-refractivity contribution in [3.05, 3.63) is 35.9 Å². The molecule has 1 N–H and O–H groups in total. The molecule has 0 amide bonds. The Bertz CT molecular complexity index is 391. The minimum atomic E-state index is -2.78. The van der Waals surface area contributed by atoms with Gasteiger partial charge in [0.25, 0.3) is 5.92 Å². The number of rotatable bonds is 4. The molecule has 0 heterocycles. The molecule has 1 aliphatic carbocycles. The Balaban J connectivity index is 1.88. The van der Waals surface area contributed by atoms with Crippen LogP contribution in [-0.2, 0) is 5.92 Å². The van der Waals surface area contributed by atoms with Gasteiger partial charge in [0.05, 0.1) is 6.54 Å². The van der Waals surface area contributed by atoms with Crippen LogP contribution in [0.5, 0.6) is 0 Å². The van der Waals surface area contributed by atoms with Gasteiger partial charge in [0.2, 0.25) is 0 Å². The molecule has 106 valence electrons. The first-order chi connectivity index (χ1) is 8.99.